The van der Waals surface area contributed by atoms with E-state index in [1.165, 1.54) is 5.56 Å². The van der Waals surface area contributed by atoms with Crippen LogP contribution in [0, 0.1) is 13.8 Å². The molecule has 3 nitrogen and oxygen atoms in total. The normalized spacial score (nSPS) is 11.0. The van der Waals surface area contributed by atoms with Crippen molar-refractivity contribution in [3.63, 3.8) is 0 Å². The predicted octanol–water partition coefficient (Wildman–Crippen LogP) is 4.04. The van der Waals surface area contributed by atoms with Gasteiger partial charge in [0, 0.05) is 24.2 Å². The van der Waals surface area contributed by atoms with Gasteiger partial charge >= 0.3 is 0 Å². The summed E-state index contributed by atoms with van der Waals surface area (Å²) in [6.45, 7) is 8.23. The van der Waals surface area contributed by atoms with E-state index in [1.807, 2.05) is 38.1 Å². The highest BCUT2D eigenvalue weighted by atomic mass is 16.5. The molecule has 0 heterocycles. The number of hydrogen-bond acceptors (Lipinski definition) is 3. The second kappa shape index (κ2) is 7.32. The van der Waals surface area contributed by atoms with Crippen LogP contribution in [0.1, 0.15) is 29.2 Å². The fourth-order valence-corrected chi connectivity index (χ4v) is 2.56. The van der Waals surface area contributed by atoms with Crippen molar-refractivity contribution < 1.29 is 9.84 Å². The van der Waals surface area contributed by atoms with Crippen molar-refractivity contribution in [2.45, 2.75) is 33.9 Å². The lowest BCUT2D eigenvalue weighted by molar-refractivity contribution is 0.294. The van der Waals surface area contributed by atoms with Gasteiger partial charge in [0.05, 0.1) is 6.61 Å². The third-order valence-electron chi connectivity index (χ3n) is 3.85. The zero-order valence-electron chi connectivity index (χ0n) is 13.9. The van der Waals surface area contributed by atoms with Crippen LogP contribution in [0.25, 0.3) is 0 Å². The molecule has 0 saturated heterocycles. The summed E-state index contributed by atoms with van der Waals surface area (Å²) in [7, 11) is 2.05. The van der Waals surface area contributed by atoms with Crippen LogP contribution in [0.5, 0.6) is 11.5 Å². The standard InChI is InChI=1S/C19H25NO2/c1-5-22-19-9-7-6-8-16(19)12-20(4)13-17-10-14(2)15(3)11-18(17)21/h6-11,21H,5,12-13H2,1-4H3. The first-order chi connectivity index (χ1) is 10.5. The topological polar surface area (TPSA) is 32.7 Å². The first kappa shape index (κ1) is 16.4. The minimum absolute atomic E-state index is 0.369. The molecule has 118 valence electrons. The van der Waals surface area contributed by atoms with Gasteiger partial charge in [-0.3, -0.25) is 4.90 Å². The monoisotopic (exact) mass is 299 g/mol. The smallest absolute Gasteiger partial charge is 0.123 e. The van der Waals surface area contributed by atoms with E-state index in [9.17, 15) is 5.11 Å². The van der Waals surface area contributed by atoms with Crippen LogP contribution in [0.3, 0.4) is 0 Å². The van der Waals surface area contributed by atoms with Crippen LogP contribution in [0.15, 0.2) is 36.4 Å². The number of rotatable bonds is 6. The van der Waals surface area contributed by atoms with Gasteiger partial charge in [0.2, 0.25) is 0 Å². The van der Waals surface area contributed by atoms with Crippen molar-refractivity contribution in [2.75, 3.05) is 13.7 Å². The SMILES string of the molecule is CCOc1ccccc1CN(C)Cc1cc(C)c(C)cc1O. The lowest BCUT2D eigenvalue weighted by atomic mass is 10.0. The minimum atomic E-state index is 0.369. The first-order valence-corrected chi connectivity index (χ1v) is 7.69. The number of nitrogens with zero attached hydrogens (tertiary/aromatic N) is 1. The molecule has 0 fully saturated rings. The molecule has 0 aliphatic rings. The van der Waals surface area contributed by atoms with E-state index in [-0.39, 0.29) is 0 Å². The van der Waals surface area contributed by atoms with Gasteiger partial charge in [-0.2, -0.15) is 0 Å². The number of benzene rings is 2. The van der Waals surface area contributed by atoms with Crippen LogP contribution in [0.2, 0.25) is 0 Å². The Labute approximate surface area is 133 Å². The quantitative estimate of drug-likeness (QED) is 0.874. The Kier molecular flexibility index (Phi) is 5.45. The Hall–Kier alpha value is -2.00. The van der Waals surface area contributed by atoms with Crippen LogP contribution in [-0.4, -0.2) is 23.7 Å². The maximum atomic E-state index is 10.1. The Morgan fingerprint density at radius 3 is 2.36 bits per heavy atom. The van der Waals surface area contributed by atoms with E-state index in [0.29, 0.717) is 18.9 Å². The molecule has 0 aromatic heterocycles. The molecule has 2 aromatic rings. The van der Waals surface area contributed by atoms with E-state index in [0.717, 1.165) is 29.0 Å². The molecular formula is C19H25NO2. The summed E-state index contributed by atoms with van der Waals surface area (Å²) in [5.41, 5.74) is 4.44. The van der Waals surface area contributed by atoms with Gasteiger partial charge < -0.3 is 9.84 Å². The zero-order valence-corrected chi connectivity index (χ0v) is 13.9. The summed E-state index contributed by atoms with van der Waals surface area (Å²) >= 11 is 0. The fourth-order valence-electron chi connectivity index (χ4n) is 2.56. The molecule has 0 aliphatic carbocycles. The molecule has 22 heavy (non-hydrogen) atoms. The highest BCUT2D eigenvalue weighted by Crippen LogP contribution is 2.25. The number of phenolic OH excluding ortho intramolecular Hbond substituents is 1. The molecule has 0 aliphatic heterocycles. The van der Waals surface area contributed by atoms with Crippen molar-refractivity contribution in [1.82, 2.24) is 4.90 Å². The minimum Gasteiger partial charge on any atom is -0.508 e. The van der Waals surface area contributed by atoms with E-state index in [1.54, 1.807) is 0 Å². The Bertz CT molecular complexity index is 637. The summed E-state index contributed by atoms with van der Waals surface area (Å²) in [6, 6.07) is 12.0. The maximum Gasteiger partial charge on any atom is 0.123 e. The highest BCUT2D eigenvalue weighted by Gasteiger charge is 2.10. The van der Waals surface area contributed by atoms with Gasteiger partial charge in [0.1, 0.15) is 11.5 Å². The van der Waals surface area contributed by atoms with E-state index < -0.39 is 0 Å². The first-order valence-electron chi connectivity index (χ1n) is 7.69. The highest BCUT2D eigenvalue weighted by molar-refractivity contribution is 5.41. The summed E-state index contributed by atoms with van der Waals surface area (Å²) in [6.07, 6.45) is 0. The predicted molar refractivity (Wildman–Crippen MR) is 90.4 cm³/mol. The third kappa shape index (κ3) is 4.01. The number of para-hydroxylation sites is 1. The third-order valence-corrected chi connectivity index (χ3v) is 3.85. The number of aromatic hydroxyl groups is 1. The number of aryl methyl sites for hydroxylation is 2. The van der Waals surface area contributed by atoms with Crippen molar-refractivity contribution in [3.05, 3.63) is 58.7 Å². The van der Waals surface area contributed by atoms with Crippen molar-refractivity contribution in [1.29, 1.82) is 0 Å². The van der Waals surface area contributed by atoms with Crippen LogP contribution in [0.4, 0.5) is 0 Å². The Morgan fingerprint density at radius 1 is 1.00 bits per heavy atom. The van der Waals surface area contributed by atoms with Gasteiger partial charge in [-0.05, 0) is 51.1 Å². The summed E-state index contributed by atoms with van der Waals surface area (Å²) in [4.78, 5) is 2.18. The summed E-state index contributed by atoms with van der Waals surface area (Å²) < 4.78 is 5.67. The zero-order chi connectivity index (χ0) is 16.1. The van der Waals surface area contributed by atoms with Gasteiger partial charge in [-0.25, -0.2) is 0 Å². The molecular weight excluding hydrogens is 274 g/mol. The van der Waals surface area contributed by atoms with Crippen LogP contribution in [-0.2, 0) is 13.1 Å². The number of hydrogen-bond donors (Lipinski definition) is 1. The lowest BCUT2D eigenvalue weighted by Gasteiger charge is -2.20. The second-order valence-electron chi connectivity index (χ2n) is 5.78. The molecule has 0 saturated carbocycles. The number of ether oxygens (including phenoxy) is 1. The van der Waals surface area contributed by atoms with Gasteiger partial charge in [0.15, 0.2) is 0 Å². The second-order valence-corrected chi connectivity index (χ2v) is 5.78. The summed E-state index contributed by atoms with van der Waals surface area (Å²) in [5.74, 6) is 1.30. The molecule has 2 rings (SSSR count). The molecule has 3 heteroatoms. The average Bonchev–Trinajstić information content (AvgIpc) is 2.47. The summed E-state index contributed by atoms with van der Waals surface area (Å²) in [5, 5.41) is 10.1. The van der Waals surface area contributed by atoms with Crippen LogP contribution >= 0.6 is 0 Å². The lowest BCUT2D eigenvalue weighted by Crippen LogP contribution is -2.18. The molecule has 0 radical (unpaired) electrons. The van der Waals surface area contributed by atoms with Crippen molar-refractivity contribution in [2.24, 2.45) is 0 Å². The van der Waals surface area contributed by atoms with E-state index in [2.05, 4.69) is 31.0 Å². The Morgan fingerprint density at radius 2 is 1.64 bits per heavy atom. The molecule has 0 unspecified atom stereocenters. The largest absolute Gasteiger partial charge is 0.508 e. The van der Waals surface area contributed by atoms with Gasteiger partial charge in [0.25, 0.3) is 0 Å². The van der Waals surface area contributed by atoms with E-state index >= 15 is 0 Å². The van der Waals surface area contributed by atoms with Gasteiger partial charge in [-0.1, -0.05) is 24.3 Å². The molecule has 1 N–H and O–H groups in total. The fraction of sp³-hybridized carbons (Fsp3) is 0.368. The van der Waals surface area contributed by atoms with E-state index in [4.69, 9.17) is 4.74 Å². The van der Waals surface area contributed by atoms with Gasteiger partial charge in [-0.15, -0.1) is 0 Å². The van der Waals surface area contributed by atoms with Crippen molar-refractivity contribution >= 4 is 0 Å². The Balaban J connectivity index is 2.10. The number of phenols is 1. The molecule has 0 atom stereocenters. The maximum absolute atomic E-state index is 10.1. The molecule has 0 spiro atoms. The molecule has 0 bridgehead atoms. The van der Waals surface area contributed by atoms with Crippen LogP contribution < -0.4 is 4.74 Å². The average molecular weight is 299 g/mol. The van der Waals surface area contributed by atoms with Crippen molar-refractivity contribution in [3.8, 4) is 11.5 Å². The molecule has 2 aromatic carbocycles. The molecule has 0 amide bonds.